The van der Waals surface area contributed by atoms with E-state index in [1.54, 1.807) is 4.90 Å². The van der Waals surface area contributed by atoms with E-state index < -0.39 is 15.8 Å². The Morgan fingerprint density at radius 2 is 2.10 bits per heavy atom. The molecule has 1 amide bonds. The van der Waals surface area contributed by atoms with Gasteiger partial charge in [0.1, 0.15) is 0 Å². The molecule has 0 bridgehead atoms. The molecule has 2 rings (SSSR count). The van der Waals surface area contributed by atoms with Crippen LogP contribution in [0.4, 0.5) is 0 Å². The van der Waals surface area contributed by atoms with Gasteiger partial charge in [-0.25, -0.2) is 8.42 Å². The van der Waals surface area contributed by atoms with Crippen LogP contribution in [0, 0.1) is 0 Å². The minimum Gasteiger partial charge on any atom is -0.480 e. The van der Waals surface area contributed by atoms with Gasteiger partial charge in [0.2, 0.25) is 5.91 Å². The molecule has 2 aliphatic heterocycles. The summed E-state index contributed by atoms with van der Waals surface area (Å²) in [6.07, 6.45) is 2.19. The van der Waals surface area contributed by atoms with Crippen molar-refractivity contribution in [2.45, 2.75) is 37.8 Å². The molecule has 7 nitrogen and oxygen atoms in total. The van der Waals surface area contributed by atoms with Gasteiger partial charge in [-0.05, 0) is 19.3 Å². The summed E-state index contributed by atoms with van der Waals surface area (Å²) < 4.78 is 23.2. The number of nitrogens with zero attached hydrogens (tertiary/aromatic N) is 1. The van der Waals surface area contributed by atoms with Gasteiger partial charge in [-0.1, -0.05) is 0 Å². The summed E-state index contributed by atoms with van der Waals surface area (Å²) in [4.78, 5) is 24.4. The smallest absolute Gasteiger partial charge is 0.317 e. The Labute approximate surface area is 118 Å². The Morgan fingerprint density at radius 1 is 1.35 bits per heavy atom. The molecule has 2 fully saturated rings. The molecule has 0 spiro atoms. The first kappa shape index (κ1) is 15.2. The quantitative estimate of drug-likeness (QED) is 0.707. The summed E-state index contributed by atoms with van der Waals surface area (Å²) >= 11 is 0. The number of amides is 1. The van der Waals surface area contributed by atoms with Crippen molar-refractivity contribution in [3.63, 3.8) is 0 Å². The first-order valence-electron chi connectivity index (χ1n) is 6.82. The molecule has 2 N–H and O–H groups in total. The predicted molar refractivity (Wildman–Crippen MR) is 72.0 cm³/mol. The minimum atomic E-state index is -3.07. The van der Waals surface area contributed by atoms with Crippen LogP contribution in [0.1, 0.15) is 25.7 Å². The molecule has 20 heavy (non-hydrogen) atoms. The standard InChI is InChI=1S/C12H20N2O5S/c15-11-6-9(2-1-4-13-11)14(7-12(16)17)10-3-5-20(18,19)8-10/h9-10H,1-8H2,(H,13,15)(H,16,17). The van der Waals surface area contributed by atoms with E-state index in [0.29, 0.717) is 19.4 Å². The van der Waals surface area contributed by atoms with E-state index >= 15 is 0 Å². The molecule has 0 aromatic rings. The van der Waals surface area contributed by atoms with Gasteiger partial charge in [0.05, 0.1) is 18.1 Å². The summed E-state index contributed by atoms with van der Waals surface area (Å²) in [5.74, 6) is -0.979. The second-order valence-electron chi connectivity index (χ2n) is 5.47. The molecule has 0 aromatic carbocycles. The molecule has 114 valence electrons. The Bertz CT molecular complexity index is 490. The van der Waals surface area contributed by atoms with Crippen molar-refractivity contribution in [1.82, 2.24) is 10.2 Å². The summed E-state index contributed by atoms with van der Waals surface area (Å²) in [6.45, 7) is 0.386. The molecule has 2 saturated heterocycles. The highest BCUT2D eigenvalue weighted by atomic mass is 32.2. The fourth-order valence-corrected chi connectivity index (χ4v) is 4.73. The zero-order valence-corrected chi connectivity index (χ0v) is 12.1. The third-order valence-corrected chi connectivity index (χ3v) is 5.67. The zero-order chi connectivity index (χ0) is 14.8. The van der Waals surface area contributed by atoms with Crippen LogP contribution >= 0.6 is 0 Å². The molecular formula is C12H20N2O5S. The first-order chi connectivity index (χ1) is 9.37. The molecule has 2 heterocycles. The monoisotopic (exact) mass is 304 g/mol. The summed E-state index contributed by atoms with van der Waals surface area (Å²) in [6, 6.07) is -0.473. The van der Waals surface area contributed by atoms with Crippen LogP contribution in [0.5, 0.6) is 0 Å². The largest absolute Gasteiger partial charge is 0.480 e. The average molecular weight is 304 g/mol. The molecule has 0 aliphatic carbocycles. The SMILES string of the molecule is O=C(O)CN(C1CCCNC(=O)C1)C1CCS(=O)(=O)C1. The zero-order valence-electron chi connectivity index (χ0n) is 11.2. The van der Waals surface area contributed by atoms with Gasteiger partial charge in [-0.15, -0.1) is 0 Å². The molecular weight excluding hydrogens is 284 g/mol. The Hall–Kier alpha value is -1.15. The number of aliphatic carboxylic acids is 1. The van der Waals surface area contributed by atoms with Crippen LogP contribution in [0.2, 0.25) is 0 Å². The van der Waals surface area contributed by atoms with E-state index in [-0.39, 0.29) is 42.5 Å². The van der Waals surface area contributed by atoms with Gasteiger partial charge in [-0.2, -0.15) is 0 Å². The van der Waals surface area contributed by atoms with E-state index in [9.17, 15) is 18.0 Å². The lowest BCUT2D eigenvalue weighted by Gasteiger charge is -2.33. The first-order valence-corrected chi connectivity index (χ1v) is 8.64. The van der Waals surface area contributed by atoms with Crippen LogP contribution in [-0.2, 0) is 19.4 Å². The second-order valence-corrected chi connectivity index (χ2v) is 7.70. The van der Waals surface area contributed by atoms with Crippen molar-refractivity contribution >= 4 is 21.7 Å². The van der Waals surface area contributed by atoms with Gasteiger partial charge in [-0.3, -0.25) is 14.5 Å². The van der Waals surface area contributed by atoms with Gasteiger partial charge in [0.15, 0.2) is 9.84 Å². The van der Waals surface area contributed by atoms with Crippen molar-refractivity contribution in [3.8, 4) is 0 Å². The Balaban J connectivity index is 2.14. The molecule has 0 aromatic heterocycles. The third-order valence-electron chi connectivity index (χ3n) is 3.92. The number of rotatable bonds is 4. The number of nitrogens with one attached hydrogen (secondary N) is 1. The topological polar surface area (TPSA) is 104 Å². The van der Waals surface area contributed by atoms with Crippen LogP contribution in [-0.4, -0.2) is 67.0 Å². The van der Waals surface area contributed by atoms with E-state index in [2.05, 4.69) is 5.32 Å². The number of hydrogen-bond acceptors (Lipinski definition) is 5. The lowest BCUT2D eigenvalue weighted by atomic mass is 10.0. The van der Waals surface area contributed by atoms with E-state index in [1.807, 2.05) is 0 Å². The highest BCUT2D eigenvalue weighted by Crippen LogP contribution is 2.24. The van der Waals surface area contributed by atoms with E-state index in [4.69, 9.17) is 5.11 Å². The maximum absolute atomic E-state index is 11.6. The number of carbonyl (C=O) groups excluding carboxylic acids is 1. The highest BCUT2D eigenvalue weighted by molar-refractivity contribution is 7.91. The number of carboxylic acids is 1. The van der Waals surface area contributed by atoms with Crippen LogP contribution in [0.3, 0.4) is 0 Å². The summed E-state index contributed by atoms with van der Waals surface area (Å²) in [5, 5.41) is 11.8. The molecule has 2 aliphatic rings. The van der Waals surface area contributed by atoms with Gasteiger partial charge < -0.3 is 10.4 Å². The van der Waals surface area contributed by atoms with Crippen LogP contribution < -0.4 is 5.32 Å². The third kappa shape index (κ3) is 3.92. The van der Waals surface area contributed by atoms with Crippen molar-refractivity contribution < 1.29 is 23.1 Å². The van der Waals surface area contributed by atoms with E-state index in [1.165, 1.54) is 0 Å². The van der Waals surface area contributed by atoms with Crippen molar-refractivity contribution in [2.75, 3.05) is 24.6 Å². The van der Waals surface area contributed by atoms with Crippen molar-refractivity contribution in [3.05, 3.63) is 0 Å². The van der Waals surface area contributed by atoms with Crippen molar-refractivity contribution in [2.24, 2.45) is 0 Å². The van der Waals surface area contributed by atoms with Crippen molar-refractivity contribution in [1.29, 1.82) is 0 Å². The Morgan fingerprint density at radius 3 is 2.70 bits per heavy atom. The maximum Gasteiger partial charge on any atom is 0.317 e. The number of hydrogen-bond donors (Lipinski definition) is 2. The molecule has 2 atom stereocenters. The molecule has 0 radical (unpaired) electrons. The van der Waals surface area contributed by atoms with Crippen LogP contribution in [0.25, 0.3) is 0 Å². The maximum atomic E-state index is 11.6. The summed E-state index contributed by atoms with van der Waals surface area (Å²) in [5.41, 5.74) is 0. The lowest BCUT2D eigenvalue weighted by Crippen LogP contribution is -2.47. The normalized spacial score (nSPS) is 29.9. The highest BCUT2D eigenvalue weighted by Gasteiger charge is 2.37. The van der Waals surface area contributed by atoms with Gasteiger partial charge >= 0.3 is 5.97 Å². The number of carboxylic acid groups (broad SMARTS) is 1. The molecule has 0 saturated carbocycles. The average Bonchev–Trinajstić information content (AvgIpc) is 2.56. The number of sulfone groups is 1. The molecule has 8 heteroatoms. The fourth-order valence-electron chi connectivity index (χ4n) is 2.99. The number of carbonyl (C=O) groups is 2. The Kier molecular flexibility index (Phi) is 4.64. The second kappa shape index (κ2) is 6.09. The van der Waals surface area contributed by atoms with E-state index in [0.717, 1.165) is 6.42 Å². The van der Waals surface area contributed by atoms with Gasteiger partial charge in [0, 0.05) is 25.0 Å². The minimum absolute atomic E-state index is 0.00159. The predicted octanol–water partition coefficient (Wildman–Crippen LogP) is -0.771. The van der Waals surface area contributed by atoms with Gasteiger partial charge in [0.25, 0.3) is 0 Å². The fraction of sp³-hybridized carbons (Fsp3) is 0.833. The molecule has 2 unspecified atom stereocenters. The van der Waals surface area contributed by atoms with Crippen LogP contribution in [0.15, 0.2) is 0 Å². The lowest BCUT2D eigenvalue weighted by molar-refractivity contribution is -0.140. The summed E-state index contributed by atoms with van der Waals surface area (Å²) in [7, 11) is -3.07.